The first kappa shape index (κ1) is 16.4. The molecule has 0 aromatic carbocycles. The van der Waals surface area contributed by atoms with Gasteiger partial charge in [-0.25, -0.2) is 9.97 Å². The van der Waals surface area contributed by atoms with Gasteiger partial charge in [0.05, 0.1) is 18.5 Å². The number of fused-ring (bicyclic) bond motifs is 1. The van der Waals surface area contributed by atoms with E-state index in [1.165, 1.54) is 12.0 Å². The molecule has 2 heterocycles. The topological polar surface area (TPSA) is 105 Å². The number of carbonyl (C=O) groups is 1. The molecule has 1 amide bonds. The first-order chi connectivity index (χ1) is 11.7. The van der Waals surface area contributed by atoms with Crippen LogP contribution >= 0.6 is 0 Å². The van der Waals surface area contributed by atoms with Gasteiger partial charge in [-0.1, -0.05) is 0 Å². The smallest absolute Gasteiger partial charge is 0.241 e. The molecule has 128 valence electrons. The van der Waals surface area contributed by atoms with Gasteiger partial charge in [-0.05, 0) is 32.6 Å². The van der Waals surface area contributed by atoms with E-state index in [1.807, 2.05) is 6.92 Å². The summed E-state index contributed by atoms with van der Waals surface area (Å²) >= 11 is 0. The molecule has 24 heavy (non-hydrogen) atoms. The molecule has 1 aliphatic rings. The lowest BCUT2D eigenvalue weighted by Gasteiger charge is -2.18. The highest BCUT2D eigenvalue weighted by Crippen LogP contribution is 2.27. The Morgan fingerprint density at radius 2 is 2.17 bits per heavy atom. The zero-order valence-electron chi connectivity index (χ0n) is 13.7. The quantitative estimate of drug-likeness (QED) is 0.720. The number of carbonyl (C=O) groups excluding carboxylic acids is 1. The van der Waals surface area contributed by atoms with E-state index < -0.39 is 0 Å². The summed E-state index contributed by atoms with van der Waals surface area (Å²) in [5, 5.41) is 18.8. The molecular formula is C16H22N6O2. The number of nitrogens with zero attached hydrogens (tertiary/aromatic N) is 4. The molecule has 3 N–H and O–H groups in total. The third-order valence-electron chi connectivity index (χ3n) is 3.93. The first-order valence-corrected chi connectivity index (χ1v) is 8.19. The standard InChI is InChI=1S/C16H22N6O2/c1-11-19-14-5-3-2-4-13(14)16(20-11)21-12-8-18-22(9-12)10-15(24)17-6-7-23/h8-9,23H,2-7,10H2,1H3,(H,17,24)(H,19,20,21). The van der Waals surface area contributed by atoms with Gasteiger partial charge >= 0.3 is 0 Å². The van der Waals surface area contributed by atoms with Crippen LogP contribution in [0.4, 0.5) is 11.5 Å². The second-order valence-corrected chi connectivity index (χ2v) is 5.88. The number of nitrogens with one attached hydrogen (secondary N) is 2. The molecule has 0 fully saturated rings. The van der Waals surface area contributed by atoms with Crippen LogP contribution in [0.2, 0.25) is 0 Å². The average Bonchev–Trinajstić information content (AvgIpc) is 2.99. The third-order valence-corrected chi connectivity index (χ3v) is 3.93. The van der Waals surface area contributed by atoms with Crippen molar-refractivity contribution in [2.45, 2.75) is 39.2 Å². The molecule has 8 nitrogen and oxygen atoms in total. The van der Waals surface area contributed by atoms with Crippen molar-refractivity contribution in [3.8, 4) is 0 Å². The molecule has 0 bridgehead atoms. The van der Waals surface area contributed by atoms with Crippen LogP contribution in [0.3, 0.4) is 0 Å². The summed E-state index contributed by atoms with van der Waals surface area (Å²) in [6.07, 6.45) is 7.74. The molecule has 0 unspecified atom stereocenters. The number of anilines is 2. The van der Waals surface area contributed by atoms with E-state index in [-0.39, 0.29) is 25.6 Å². The van der Waals surface area contributed by atoms with Crippen LogP contribution in [0.15, 0.2) is 12.4 Å². The Morgan fingerprint density at radius 3 is 3.00 bits per heavy atom. The second kappa shape index (κ2) is 7.39. The molecular weight excluding hydrogens is 308 g/mol. The minimum Gasteiger partial charge on any atom is -0.395 e. The lowest BCUT2D eigenvalue weighted by Crippen LogP contribution is -2.30. The van der Waals surface area contributed by atoms with Crippen molar-refractivity contribution in [1.82, 2.24) is 25.1 Å². The molecule has 2 aromatic rings. The summed E-state index contributed by atoms with van der Waals surface area (Å²) in [6, 6.07) is 0. The number of aliphatic hydroxyl groups excluding tert-OH is 1. The Morgan fingerprint density at radius 1 is 1.33 bits per heavy atom. The lowest BCUT2D eigenvalue weighted by atomic mass is 9.96. The average molecular weight is 330 g/mol. The molecule has 0 saturated heterocycles. The normalized spacial score (nSPS) is 13.4. The maximum Gasteiger partial charge on any atom is 0.241 e. The van der Waals surface area contributed by atoms with Crippen molar-refractivity contribution in [3.05, 3.63) is 29.5 Å². The van der Waals surface area contributed by atoms with Gasteiger partial charge in [0.1, 0.15) is 18.2 Å². The molecule has 0 aliphatic heterocycles. The summed E-state index contributed by atoms with van der Waals surface area (Å²) in [7, 11) is 0. The molecule has 0 spiro atoms. The Hall–Kier alpha value is -2.48. The number of aromatic nitrogens is 4. The van der Waals surface area contributed by atoms with Crippen molar-refractivity contribution in [2.24, 2.45) is 0 Å². The van der Waals surface area contributed by atoms with Crippen LogP contribution in [0.5, 0.6) is 0 Å². The molecule has 0 atom stereocenters. The predicted octanol–water partition coefficient (Wildman–Crippen LogP) is 0.712. The van der Waals surface area contributed by atoms with Crippen LogP contribution in [-0.4, -0.2) is 43.9 Å². The number of hydrogen-bond donors (Lipinski definition) is 3. The Balaban J connectivity index is 1.71. The van der Waals surface area contributed by atoms with Crippen LogP contribution in [0.25, 0.3) is 0 Å². The Kier molecular flexibility index (Phi) is 5.05. The van der Waals surface area contributed by atoms with Crippen LogP contribution < -0.4 is 10.6 Å². The van der Waals surface area contributed by atoms with E-state index in [1.54, 1.807) is 17.1 Å². The third kappa shape index (κ3) is 3.88. The summed E-state index contributed by atoms with van der Waals surface area (Å²) in [6.45, 7) is 2.19. The summed E-state index contributed by atoms with van der Waals surface area (Å²) in [4.78, 5) is 20.7. The van der Waals surface area contributed by atoms with Crippen molar-refractivity contribution < 1.29 is 9.90 Å². The highest BCUT2D eigenvalue weighted by molar-refractivity contribution is 5.75. The second-order valence-electron chi connectivity index (χ2n) is 5.88. The van der Waals surface area contributed by atoms with E-state index in [4.69, 9.17) is 5.11 Å². The molecule has 0 saturated carbocycles. The minimum atomic E-state index is -0.186. The fourth-order valence-corrected chi connectivity index (χ4v) is 2.87. The highest BCUT2D eigenvalue weighted by Gasteiger charge is 2.17. The number of amides is 1. The number of hydrogen-bond acceptors (Lipinski definition) is 6. The zero-order chi connectivity index (χ0) is 16.9. The van der Waals surface area contributed by atoms with Crippen LogP contribution in [0.1, 0.15) is 29.9 Å². The van der Waals surface area contributed by atoms with Gasteiger partial charge in [0.25, 0.3) is 0 Å². The fraction of sp³-hybridized carbons (Fsp3) is 0.500. The van der Waals surface area contributed by atoms with Gasteiger partial charge in [-0.3, -0.25) is 9.48 Å². The largest absolute Gasteiger partial charge is 0.395 e. The van der Waals surface area contributed by atoms with E-state index in [0.717, 1.165) is 42.3 Å². The number of aryl methyl sites for hydroxylation is 2. The molecule has 0 radical (unpaired) electrons. The lowest BCUT2D eigenvalue weighted by molar-refractivity contribution is -0.122. The SMILES string of the molecule is Cc1nc2c(c(Nc3cnn(CC(=O)NCCO)c3)n1)CCCC2. The van der Waals surface area contributed by atoms with Crippen LogP contribution in [0, 0.1) is 6.92 Å². The highest BCUT2D eigenvalue weighted by atomic mass is 16.3. The van der Waals surface area contributed by atoms with Gasteiger partial charge in [-0.2, -0.15) is 5.10 Å². The van der Waals surface area contributed by atoms with E-state index >= 15 is 0 Å². The monoisotopic (exact) mass is 330 g/mol. The summed E-state index contributed by atoms with van der Waals surface area (Å²) < 4.78 is 1.55. The fourth-order valence-electron chi connectivity index (χ4n) is 2.87. The van der Waals surface area contributed by atoms with Crippen molar-refractivity contribution >= 4 is 17.4 Å². The van der Waals surface area contributed by atoms with Gasteiger partial charge in [0.2, 0.25) is 5.91 Å². The molecule has 1 aliphatic carbocycles. The number of aliphatic hydroxyl groups is 1. The molecule has 3 rings (SSSR count). The Bertz CT molecular complexity index is 727. The Labute approximate surface area is 140 Å². The van der Waals surface area contributed by atoms with Crippen molar-refractivity contribution in [2.75, 3.05) is 18.5 Å². The zero-order valence-corrected chi connectivity index (χ0v) is 13.7. The molecule has 2 aromatic heterocycles. The van der Waals surface area contributed by atoms with Gasteiger partial charge in [0, 0.05) is 24.0 Å². The predicted molar refractivity (Wildman–Crippen MR) is 89.0 cm³/mol. The van der Waals surface area contributed by atoms with Gasteiger partial charge < -0.3 is 15.7 Å². The van der Waals surface area contributed by atoms with Crippen molar-refractivity contribution in [3.63, 3.8) is 0 Å². The number of rotatable bonds is 6. The van der Waals surface area contributed by atoms with E-state index in [0.29, 0.717) is 0 Å². The maximum absolute atomic E-state index is 11.7. The van der Waals surface area contributed by atoms with Crippen molar-refractivity contribution in [1.29, 1.82) is 0 Å². The molecule has 8 heteroatoms. The summed E-state index contributed by atoms with van der Waals surface area (Å²) in [5.41, 5.74) is 3.10. The van der Waals surface area contributed by atoms with Gasteiger partial charge in [-0.15, -0.1) is 0 Å². The summed E-state index contributed by atoms with van der Waals surface area (Å²) in [5.74, 6) is 1.41. The minimum absolute atomic E-state index is 0.0736. The first-order valence-electron chi connectivity index (χ1n) is 8.19. The maximum atomic E-state index is 11.7. The van der Waals surface area contributed by atoms with E-state index in [9.17, 15) is 4.79 Å². The van der Waals surface area contributed by atoms with Crippen LogP contribution in [-0.2, 0) is 24.2 Å². The van der Waals surface area contributed by atoms with E-state index in [2.05, 4.69) is 25.7 Å². The van der Waals surface area contributed by atoms with Gasteiger partial charge in [0.15, 0.2) is 0 Å².